The molecule has 4 heteroatoms. The van der Waals surface area contributed by atoms with Crippen LogP contribution < -0.4 is 0 Å². The van der Waals surface area contributed by atoms with Crippen LogP contribution in [-0.2, 0) is 4.79 Å². The molecule has 0 bridgehead atoms. The van der Waals surface area contributed by atoms with E-state index in [1.54, 1.807) is 0 Å². The maximum absolute atomic E-state index is 10.6. The summed E-state index contributed by atoms with van der Waals surface area (Å²) < 4.78 is 0. The molecular formula is C9H19NO2S. The summed E-state index contributed by atoms with van der Waals surface area (Å²) in [5.74, 6) is 0.987. The van der Waals surface area contributed by atoms with E-state index in [4.69, 9.17) is 0 Å². The van der Waals surface area contributed by atoms with E-state index < -0.39 is 6.23 Å². The number of hydrogen-bond acceptors (Lipinski definition) is 4. The lowest BCUT2D eigenvalue weighted by Gasteiger charge is -2.24. The number of rotatable bonds is 5. The third kappa shape index (κ3) is 7.05. The van der Waals surface area contributed by atoms with Crippen LogP contribution in [0.25, 0.3) is 0 Å². The monoisotopic (exact) mass is 205 g/mol. The van der Waals surface area contributed by atoms with E-state index in [1.807, 2.05) is 11.9 Å². The third-order valence-corrected chi connectivity index (χ3v) is 2.47. The highest BCUT2D eigenvalue weighted by Crippen LogP contribution is 2.07. The first-order chi connectivity index (χ1) is 5.93. The molecule has 0 saturated heterocycles. The van der Waals surface area contributed by atoms with Gasteiger partial charge in [0.05, 0.1) is 0 Å². The van der Waals surface area contributed by atoms with Crippen molar-refractivity contribution in [1.82, 2.24) is 4.90 Å². The lowest BCUT2D eigenvalue weighted by Crippen LogP contribution is -2.36. The van der Waals surface area contributed by atoms with Crippen LogP contribution in [0.15, 0.2) is 0 Å². The van der Waals surface area contributed by atoms with Crippen molar-refractivity contribution in [2.24, 2.45) is 5.92 Å². The zero-order valence-corrected chi connectivity index (χ0v) is 9.60. The summed E-state index contributed by atoms with van der Waals surface area (Å²) >= 11 is 1.16. The van der Waals surface area contributed by atoms with Gasteiger partial charge in [-0.2, -0.15) is 0 Å². The minimum absolute atomic E-state index is 0.0528. The molecule has 0 radical (unpaired) electrons. The van der Waals surface area contributed by atoms with Gasteiger partial charge in [-0.1, -0.05) is 25.6 Å². The Balaban J connectivity index is 3.68. The Labute approximate surface area is 84.5 Å². The number of aliphatic hydroxyl groups is 1. The Kier molecular flexibility index (Phi) is 6.37. The van der Waals surface area contributed by atoms with Crippen molar-refractivity contribution >= 4 is 16.9 Å². The fourth-order valence-electron chi connectivity index (χ4n) is 1.02. The molecule has 0 aromatic rings. The molecule has 0 aliphatic rings. The van der Waals surface area contributed by atoms with E-state index in [0.717, 1.165) is 18.3 Å². The van der Waals surface area contributed by atoms with Crippen LogP contribution in [0.4, 0.5) is 0 Å². The summed E-state index contributed by atoms with van der Waals surface area (Å²) in [7, 11) is 1.87. The second-order valence-electron chi connectivity index (χ2n) is 3.62. The first-order valence-electron chi connectivity index (χ1n) is 4.45. The van der Waals surface area contributed by atoms with Gasteiger partial charge < -0.3 is 5.11 Å². The molecule has 78 valence electrons. The molecule has 13 heavy (non-hydrogen) atoms. The van der Waals surface area contributed by atoms with Crippen LogP contribution in [0.1, 0.15) is 20.8 Å². The van der Waals surface area contributed by atoms with Crippen molar-refractivity contribution < 1.29 is 9.90 Å². The fourth-order valence-corrected chi connectivity index (χ4v) is 1.66. The number of nitrogens with zero attached hydrogens (tertiary/aromatic N) is 1. The Morgan fingerprint density at radius 1 is 1.54 bits per heavy atom. The van der Waals surface area contributed by atoms with Crippen molar-refractivity contribution in [2.75, 3.05) is 19.3 Å². The van der Waals surface area contributed by atoms with Crippen LogP contribution in [0.3, 0.4) is 0 Å². The van der Waals surface area contributed by atoms with E-state index in [1.165, 1.54) is 6.92 Å². The minimum Gasteiger partial charge on any atom is -0.378 e. The third-order valence-electron chi connectivity index (χ3n) is 1.60. The SMILES string of the molecule is CC(=O)SCC(O)N(C)CC(C)C. The molecule has 0 fully saturated rings. The zero-order chi connectivity index (χ0) is 10.4. The average molecular weight is 205 g/mol. The molecule has 1 N–H and O–H groups in total. The van der Waals surface area contributed by atoms with E-state index in [0.29, 0.717) is 11.7 Å². The van der Waals surface area contributed by atoms with E-state index >= 15 is 0 Å². The van der Waals surface area contributed by atoms with Gasteiger partial charge in [0.1, 0.15) is 6.23 Å². The highest BCUT2D eigenvalue weighted by atomic mass is 32.2. The number of thioether (sulfide) groups is 1. The Morgan fingerprint density at radius 3 is 2.46 bits per heavy atom. The maximum atomic E-state index is 10.6. The molecule has 1 unspecified atom stereocenters. The van der Waals surface area contributed by atoms with Crippen molar-refractivity contribution in [2.45, 2.75) is 27.0 Å². The molecule has 0 saturated carbocycles. The molecule has 0 amide bonds. The van der Waals surface area contributed by atoms with Crippen LogP contribution in [0, 0.1) is 5.92 Å². The molecular weight excluding hydrogens is 186 g/mol. The summed E-state index contributed by atoms with van der Waals surface area (Å²) in [6, 6.07) is 0. The quantitative estimate of drug-likeness (QED) is 0.684. The Bertz CT molecular complexity index is 162. The van der Waals surface area contributed by atoms with E-state index in [2.05, 4.69) is 13.8 Å². The van der Waals surface area contributed by atoms with Gasteiger partial charge in [-0.05, 0) is 13.0 Å². The van der Waals surface area contributed by atoms with E-state index in [-0.39, 0.29) is 5.12 Å². The topological polar surface area (TPSA) is 40.5 Å². The molecule has 0 aromatic carbocycles. The van der Waals surface area contributed by atoms with Crippen LogP contribution in [0.2, 0.25) is 0 Å². The molecule has 0 aliphatic heterocycles. The summed E-state index contributed by atoms with van der Waals surface area (Å²) in [4.78, 5) is 12.5. The van der Waals surface area contributed by atoms with E-state index in [9.17, 15) is 9.90 Å². The first kappa shape index (κ1) is 12.9. The average Bonchev–Trinajstić information content (AvgIpc) is 1.98. The summed E-state index contributed by atoms with van der Waals surface area (Å²) in [6.45, 7) is 6.56. The molecule has 0 rings (SSSR count). The van der Waals surface area contributed by atoms with Gasteiger partial charge in [-0.3, -0.25) is 9.69 Å². The Hall–Kier alpha value is -0.0600. The van der Waals surface area contributed by atoms with Crippen molar-refractivity contribution in [1.29, 1.82) is 0 Å². The normalized spacial score (nSPS) is 13.8. The van der Waals surface area contributed by atoms with Gasteiger partial charge in [0.15, 0.2) is 5.12 Å². The van der Waals surface area contributed by atoms with Crippen LogP contribution in [-0.4, -0.2) is 40.7 Å². The molecule has 0 aliphatic carbocycles. The predicted octanol–water partition coefficient (Wildman–Crippen LogP) is 1.17. The number of carbonyl (C=O) groups excluding carboxylic acids is 1. The second-order valence-corrected chi connectivity index (χ2v) is 4.81. The molecule has 1 atom stereocenters. The van der Waals surface area contributed by atoms with Gasteiger partial charge in [-0.15, -0.1) is 0 Å². The Morgan fingerprint density at radius 2 is 2.08 bits per heavy atom. The van der Waals surface area contributed by atoms with Crippen molar-refractivity contribution in [3.05, 3.63) is 0 Å². The van der Waals surface area contributed by atoms with Gasteiger partial charge in [0.25, 0.3) is 0 Å². The van der Waals surface area contributed by atoms with Gasteiger partial charge in [0.2, 0.25) is 0 Å². The summed E-state index contributed by atoms with van der Waals surface area (Å²) in [5, 5.41) is 9.62. The summed E-state index contributed by atoms with van der Waals surface area (Å²) in [5.41, 5.74) is 0. The smallest absolute Gasteiger partial charge is 0.186 e. The largest absolute Gasteiger partial charge is 0.378 e. The van der Waals surface area contributed by atoms with Crippen molar-refractivity contribution in [3.8, 4) is 0 Å². The zero-order valence-electron chi connectivity index (χ0n) is 8.78. The standard InChI is InChI=1S/C9H19NO2S/c1-7(2)5-10(4)9(12)6-13-8(3)11/h7,9,12H,5-6H2,1-4H3. The minimum atomic E-state index is -0.517. The van der Waals surface area contributed by atoms with Gasteiger partial charge >= 0.3 is 0 Å². The van der Waals surface area contributed by atoms with Crippen LogP contribution in [0.5, 0.6) is 0 Å². The first-order valence-corrected chi connectivity index (χ1v) is 5.43. The molecule has 0 heterocycles. The lowest BCUT2D eigenvalue weighted by atomic mass is 10.2. The number of aliphatic hydroxyl groups excluding tert-OH is 1. The highest BCUT2D eigenvalue weighted by Gasteiger charge is 2.12. The molecule has 0 aromatic heterocycles. The number of hydrogen-bond donors (Lipinski definition) is 1. The fraction of sp³-hybridized carbons (Fsp3) is 0.889. The van der Waals surface area contributed by atoms with Crippen LogP contribution >= 0.6 is 11.8 Å². The highest BCUT2D eigenvalue weighted by molar-refractivity contribution is 8.13. The van der Waals surface area contributed by atoms with Gasteiger partial charge in [-0.25, -0.2) is 0 Å². The maximum Gasteiger partial charge on any atom is 0.186 e. The van der Waals surface area contributed by atoms with Gasteiger partial charge in [0, 0.05) is 19.2 Å². The molecule has 0 spiro atoms. The molecule has 3 nitrogen and oxygen atoms in total. The predicted molar refractivity (Wildman–Crippen MR) is 56.6 cm³/mol. The lowest BCUT2D eigenvalue weighted by molar-refractivity contribution is -0.109. The summed E-state index contributed by atoms with van der Waals surface area (Å²) in [6.07, 6.45) is -0.517. The van der Waals surface area contributed by atoms with Crippen molar-refractivity contribution in [3.63, 3.8) is 0 Å². The number of carbonyl (C=O) groups is 1. The second kappa shape index (κ2) is 6.40.